The average Bonchev–Trinajstić information content (AvgIpc) is 2.99. The summed E-state index contributed by atoms with van der Waals surface area (Å²) >= 11 is 0. The van der Waals surface area contributed by atoms with Gasteiger partial charge in [-0.15, -0.1) is 0 Å². The van der Waals surface area contributed by atoms with Crippen molar-refractivity contribution in [3.8, 4) is 0 Å². The second kappa shape index (κ2) is 13.8. The first-order chi connectivity index (χ1) is 20.4. The maximum Gasteiger partial charge on any atom is 0.331 e. The smallest absolute Gasteiger partial charge is 0.331 e. The van der Waals surface area contributed by atoms with Gasteiger partial charge < -0.3 is 26.8 Å². The summed E-state index contributed by atoms with van der Waals surface area (Å²) in [5, 5.41) is 22.0. The normalized spacial score (nSPS) is 19.0. The van der Waals surface area contributed by atoms with Crippen LogP contribution in [0.25, 0.3) is 10.8 Å². The molecular formula is C30H42N6O6S. The molecule has 4 rings (SSSR count). The minimum Gasteiger partial charge on any atom is -0.480 e. The number of carbonyl (C=O) groups excluding carboxylic acids is 2. The van der Waals surface area contributed by atoms with Gasteiger partial charge in [0.1, 0.15) is 0 Å². The fraction of sp³-hybridized carbons (Fsp3) is 0.533. The van der Waals surface area contributed by atoms with Crippen molar-refractivity contribution in [1.82, 2.24) is 14.9 Å². The zero-order valence-corrected chi connectivity index (χ0v) is 25.1. The van der Waals surface area contributed by atoms with Gasteiger partial charge in [0.15, 0.2) is 17.3 Å². The lowest BCUT2D eigenvalue weighted by Crippen LogP contribution is -2.63. The number of nitrogens with one attached hydrogen (secondary N) is 3. The second-order valence-corrected chi connectivity index (χ2v) is 13.6. The monoisotopic (exact) mass is 614 g/mol. The number of hydrogen-bond acceptors (Lipinski definition) is 7. The van der Waals surface area contributed by atoms with Crippen LogP contribution in [0.4, 0.5) is 0 Å². The van der Waals surface area contributed by atoms with Gasteiger partial charge in [-0.2, -0.15) is 0 Å². The summed E-state index contributed by atoms with van der Waals surface area (Å²) in [6.07, 6.45) is 4.95. The molecule has 1 amide bonds. The van der Waals surface area contributed by atoms with Gasteiger partial charge in [-0.3, -0.25) is 15.0 Å². The predicted octanol–water partition coefficient (Wildman–Crippen LogP) is 1.92. The summed E-state index contributed by atoms with van der Waals surface area (Å²) < 4.78 is 29.4. The number of carboxylic acid groups (broad SMARTS) is 1. The summed E-state index contributed by atoms with van der Waals surface area (Å²) in [7, 11) is -4.35. The molecule has 2 unspecified atom stereocenters. The van der Waals surface area contributed by atoms with E-state index in [1.807, 2.05) is 12.1 Å². The lowest BCUT2D eigenvalue weighted by atomic mass is 9.76. The molecule has 8 N–H and O–H groups in total. The van der Waals surface area contributed by atoms with Crippen LogP contribution >= 0.6 is 0 Å². The summed E-state index contributed by atoms with van der Waals surface area (Å²) in [4.78, 5) is 41.1. The van der Waals surface area contributed by atoms with Gasteiger partial charge in [-0.05, 0) is 54.0 Å². The Morgan fingerprint density at radius 2 is 1.65 bits per heavy atom. The first kappa shape index (κ1) is 32.4. The third kappa shape index (κ3) is 8.09. The molecule has 1 saturated carbocycles. The number of hydrogen-bond donors (Lipinski definition) is 6. The molecule has 2 aliphatic rings. The van der Waals surface area contributed by atoms with E-state index in [0.717, 1.165) is 37.5 Å². The Bertz CT molecular complexity index is 1450. The van der Waals surface area contributed by atoms with E-state index in [2.05, 4.69) is 10.0 Å². The average molecular weight is 615 g/mol. The highest BCUT2D eigenvalue weighted by atomic mass is 32.2. The van der Waals surface area contributed by atoms with Gasteiger partial charge in [0.25, 0.3) is 0 Å². The number of amides is 1. The number of carbonyl (C=O) groups is 3. The zero-order chi connectivity index (χ0) is 31.2. The Balaban J connectivity index is 1.54. The molecule has 0 spiro atoms. The summed E-state index contributed by atoms with van der Waals surface area (Å²) in [6.45, 7) is 1.45. The highest BCUT2D eigenvalue weighted by Gasteiger charge is 2.48. The molecule has 0 radical (unpaired) electrons. The lowest BCUT2D eigenvalue weighted by molar-refractivity contribution is -0.150. The number of rotatable bonds is 12. The van der Waals surface area contributed by atoms with Gasteiger partial charge in [-0.25, -0.2) is 17.9 Å². The van der Waals surface area contributed by atoms with Crippen LogP contribution in [0.2, 0.25) is 0 Å². The second-order valence-electron chi connectivity index (χ2n) is 11.9. The fourth-order valence-corrected chi connectivity index (χ4v) is 7.35. The van der Waals surface area contributed by atoms with E-state index in [1.165, 1.54) is 12.1 Å². The van der Waals surface area contributed by atoms with E-state index < -0.39 is 45.7 Å². The molecule has 2 aromatic rings. The number of likely N-dealkylation sites (tertiary alicyclic amines) is 1. The van der Waals surface area contributed by atoms with Crippen LogP contribution in [0, 0.1) is 17.2 Å². The number of aliphatic carboxylic acids is 1. The quantitative estimate of drug-likeness (QED) is 0.117. The van der Waals surface area contributed by atoms with Crippen molar-refractivity contribution in [3.05, 3.63) is 42.5 Å². The van der Waals surface area contributed by atoms with E-state index >= 15 is 0 Å². The highest BCUT2D eigenvalue weighted by molar-refractivity contribution is 7.89. The molecule has 1 heterocycles. The summed E-state index contributed by atoms with van der Waals surface area (Å²) in [6, 6.07) is 9.99. The first-order valence-corrected chi connectivity index (χ1v) is 16.3. The van der Waals surface area contributed by atoms with Crippen LogP contribution < -0.4 is 21.5 Å². The SMILES string of the molecule is N=C(N)N1CCC(CNC(=O)CC(NS(=O)(=O)c2ccc3ccccc3c2)C(=O)C(N)(CC2CCCCC2)C(=O)O)CC1. The van der Waals surface area contributed by atoms with Crippen LogP contribution in [-0.4, -0.2) is 73.3 Å². The maximum atomic E-state index is 13.9. The molecule has 0 aromatic heterocycles. The molecule has 2 aromatic carbocycles. The molecule has 234 valence electrons. The minimum absolute atomic E-state index is 0.000498. The Morgan fingerprint density at radius 3 is 2.28 bits per heavy atom. The Hall–Kier alpha value is -3.55. The summed E-state index contributed by atoms with van der Waals surface area (Å²) in [5.41, 5.74) is 9.49. The number of piperidine rings is 1. The molecule has 12 nitrogen and oxygen atoms in total. The Morgan fingerprint density at radius 1 is 1.00 bits per heavy atom. The van der Waals surface area contributed by atoms with E-state index in [4.69, 9.17) is 16.9 Å². The Kier molecular flexibility index (Phi) is 10.4. The van der Waals surface area contributed by atoms with Crippen LogP contribution in [0.15, 0.2) is 47.4 Å². The van der Waals surface area contributed by atoms with Gasteiger partial charge in [-0.1, -0.05) is 62.4 Å². The summed E-state index contributed by atoms with van der Waals surface area (Å²) in [5.74, 6) is -3.16. The molecule has 1 aliphatic heterocycles. The number of ketones is 1. The number of carboxylic acids is 1. The molecule has 1 aliphatic carbocycles. The largest absolute Gasteiger partial charge is 0.480 e. The predicted molar refractivity (Wildman–Crippen MR) is 163 cm³/mol. The Labute approximate surface area is 252 Å². The van der Waals surface area contributed by atoms with Crippen molar-refractivity contribution in [3.63, 3.8) is 0 Å². The minimum atomic E-state index is -4.35. The van der Waals surface area contributed by atoms with E-state index in [0.29, 0.717) is 31.3 Å². The number of guanidine groups is 1. The van der Waals surface area contributed by atoms with Gasteiger partial charge in [0.05, 0.1) is 17.4 Å². The number of nitrogens with two attached hydrogens (primary N) is 2. The van der Waals surface area contributed by atoms with Crippen molar-refractivity contribution < 1.29 is 27.9 Å². The first-order valence-electron chi connectivity index (χ1n) is 14.8. The fourth-order valence-electron chi connectivity index (χ4n) is 6.12. The zero-order valence-electron chi connectivity index (χ0n) is 24.3. The van der Waals surface area contributed by atoms with E-state index in [9.17, 15) is 27.9 Å². The molecule has 1 saturated heterocycles. The third-order valence-electron chi connectivity index (χ3n) is 8.73. The van der Waals surface area contributed by atoms with Gasteiger partial charge in [0, 0.05) is 19.6 Å². The number of Topliss-reactive ketones (excluding diaryl/α,β-unsaturated/α-hetero) is 1. The molecule has 2 fully saturated rings. The number of fused-ring (bicyclic) bond motifs is 1. The molecule has 0 bridgehead atoms. The van der Waals surface area contributed by atoms with Crippen LogP contribution in [0.1, 0.15) is 57.8 Å². The molecule has 43 heavy (non-hydrogen) atoms. The number of sulfonamides is 1. The molecule has 13 heteroatoms. The standard InChI is InChI=1S/C30H42N6O6S/c31-29(32)36-14-12-21(13-15-36)19-34-26(37)17-25(27(38)30(33,28(39)40)18-20-6-2-1-3-7-20)35-43(41,42)24-11-10-22-8-4-5-9-23(22)16-24/h4-5,8-11,16,20-21,25,35H,1-3,6-7,12-15,17-19,33H2,(H3,31,32)(H,34,37)(H,39,40). The van der Waals surface area contributed by atoms with Gasteiger partial charge in [0.2, 0.25) is 15.9 Å². The number of nitrogens with zero attached hydrogens (tertiary/aromatic N) is 1. The van der Waals surface area contributed by atoms with Crippen molar-refractivity contribution >= 4 is 44.4 Å². The van der Waals surface area contributed by atoms with E-state index in [1.54, 1.807) is 23.1 Å². The van der Waals surface area contributed by atoms with Crippen LogP contribution in [0.5, 0.6) is 0 Å². The lowest BCUT2D eigenvalue weighted by Gasteiger charge is -2.33. The van der Waals surface area contributed by atoms with Crippen LogP contribution in [-0.2, 0) is 24.4 Å². The van der Waals surface area contributed by atoms with Crippen molar-refractivity contribution in [1.29, 1.82) is 5.41 Å². The van der Waals surface area contributed by atoms with Crippen LogP contribution in [0.3, 0.4) is 0 Å². The molecule has 2 atom stereocenters. The van der Waals surface area contributed by atoms with Gasteiger partial charge >= 0.3 is 5.97 Å². The molecular weight excluding hydrogens is 572 g/mol. The number of benzene rings is 2. The highest BCUT2D eigenvalue weighted by Crippen LogP contribution is 2.31. The van der Waals surface area contributed by atoms with Crippen molar-refractivity contribution in [2.75, 3.05) is 19.6 Å². The van der Waals surface area contributed by atoms with E-state index in [-0.39, 0.29) is 35.7 Å². The maximum absolute atomic E-state index is 13.9. The van der Waals surface area contributed by atoms with Crippen molar-refractivity contribution in [2.24, 2.45) is 23.3 Å². The topological polar surface area (TPSA) is 209 Å². The van der Waals surface area contributed by atoms with Crippen molar-refractivity contribution in [2.45, 2.75) is 74.3 Å². The third-order valence-corrected chi connectivity index (χ3v) is 10.2.